The predicted octanol–water partition coefficient (Wildman–Crippen LogP) is 3.20. The molecule has 0 radical (unpaired) electrons. The smallest absolute Gasteiger partial charge is 0.252 e. The lowest BCUT2D eigenvalue weighted by Gasteiger charge is -2.14. The van der Waals surface area contributed by atoms with Gasteiger partial charge in [-0.05, 0) is 40.0 Å². The number of carbonyl (C=O) groups is 1. The number of nitrogens with two attached hydrogens (primary N) is 1. The normalized spacial score (nSPS) is 10.6. The molecule has 0 heterocycles. The van der Waals surface area contributed by atoms with E-state index in [1.54, 1.807) is 18.2 Å². The van der Waals surface area contributed by atoms with E-state index in [0.717, 1.165) is 17.3 Å². The van der Waals surface area contributed by atoms with Gasteiger partial charge in [0.2, 0.25) is 0 Å². The molecule has 0 atom stereocenters. The maximum absolute atomic E-state index is 12.0. The molecule has 3 nitrogen and oxygen atoms in total. The molecule has 0 spiro atoms. The third-order valence-corrected chi connectivity index (χ3v) is 3.63. The zero-order valence-electron chi connectivity index (χ0n) is 10.3. The summed E-state index contributed by atoms with van der Waals surface area (Å²) >= 11 is 3.36. The molecule has 1 aromatic rings. The van der Waals surface area contributed by atoms with Gasteiger partial charge in [-0.15, -0.1) is 0 Å². The molecule has 0 aliphatic carbocycles. The van der Waals surface area contributed by atoms with Crippen molar-refractivity contribution in [2.45, 2.75) is 26.7 Å². The average molecular weight is 299 g/mol. The van der Waals surface area contributed by atoms with Gasteiger partial charge < -0.3 is 11.1 Å². The number of anilines is 1. The van der Waals surface area contributed by atoms with Gasteiger partial charge in [-0.3, -0.25) is 4.79 Å². The Morgan fingerprint density at radius 2 is 2.06 bits per heavy atom. The highest BCUT2D eigenvalue weighted by Crippen LogP contribution is 2.19. The number of hydrogen-bond donors (Lipinski definition) is 2. The molecule has 1 aromatic carbocycles. The van der Waals surface area contributed by atoms with E-state index in [9.17, 15) is 4.79 Å². The fraction of sp³-hybridized carbons (Fsp3) is 0.462. The van der Waals surface area contributed by atoms with Crippen LogP contribution in [0.2, 0.25) is 0 Å². The number of nitrogens with one attached hydrogen (secondary N) is 1. The van der Waals surface area contributed by atoms with Crippen molar-refractivity contribution in [3.63, 3.8) is 0 Å². The second-order valence-electron chi connectivity index (χ2n) is 4.13. The van der Waals surface area contributed by atoms with Crippen LogP contribution in [-0.4, -0.2) is 12.5 Å². The molecule has 94 valence electrons. The number of amides is 1. The first-order chi connectivity index (χ1) is 8.08. The van der Waals surface area contributed by atoms with E-state index in [-0.39, 0.29) is 5.91 Å². The first-order valence-corrected chi connectivity index (χ1v) is 6.71. The topological polar surface area (TPSA) is 55.1 Å². The summed E-state index contributed by atoms with van der Waals surface area (Å²) in [7, 11) is 0. The Morgan fingerprint density at radius 3 is 2.65 bits per heavy atom. The van der Waals surface area contributed by atoms with Crippen LogP contribution in [0.15, 0.2) is 22.7 Å². The number of hydrogen-bond acceptors (Lipinski definition) is 2. The van der Waals surface area contributed by atoms with Gasteiger partial charge in [0.05, 0.1) is 5.56 Å². The molecule has 0 fully saturated rings. The molecule has 3 N–H and O–H groups in total. The van der Waals surface area contributed by atoms with Crippen LogP contribution in [0.4, 0.5) is 5.69 Å². The number of halogens is 1. The van der Waals surface area contributed by atoms with E-state index in [1.165, 1.54) is 0 Å². The second-order valence-corrected chi connectivity index (χ2v) is 4.99. The zero-order valence-corrected chi connectivity index (χ0v) is 11.9. The lowest BCUT2D eigenvalue weighted by atomic mass is 10.0. The molecule has 0 aromatic heterocycles. The summed E-state index contributed by atoms with van der Waals surface area (Å²) in [6, 6.07) is 5.25. The van der Waals surface area contributed by atoms with Gasteiger partial charge in [0.1, 0.15) is 0 Å². The fourth-order valence-corrected chi connectivity index (χ4v) is 2.05. The first kappa shape index (κ1) is 14.0. The van der Waals surface area contributed by atoms with E-state index in [0.29, 0.717) is 23.7 Å². The summed E-state index contributed by atoms with van der Waals surface area (Å²) in [5.41, 5.74) is 6.86. The van der Waals surface area contributed by atoms with E-state index in [2.05, 4.69) is 35.1 Å². The molecular weight excluding hydrogens is 280 g/mol. The highest BCUT2D eigenvalue weighted by atomic mass is 79.9. The van der Waals surface area contributed by atoms with Gasteiger partial charge in [0, 0.05) is 16.7 Å². The van der Waals surface area contributed by atoms with Gasteiger partial charge in [-0.2, -0.15) is 0 Å². The molecule has 4 heteroatoms. The van der Waals surface area contributed by atoms with Crippen molar-refractivity contribution >= 4 is 27.5 Å². The van der Waals surface area contributed by atoms with Crippen molar-refractivity contribution in [1.82, 2.24) is 5.32 Å². The Kier molecular flexibility index (Phi) is 5.48. The summed E-state index contributed by atoms with van der Waals surface area (Å²) in [4.78, 5) is 12.0. The third-order valence-electron chi connectivity index (χ3n) is 2.94. The Labute approximate surface area is 111 Å². The quantitative estimate of drug-likeness (QED) is 0.820. The number of rotatable bonds is 5. The average Bonchev–Trinajstić information content (AvgIpc) is 2.33. The largest absolute Gasteiger partial charge is 0.399 e. The van der Waals surface area contributed by atoms with Crippen LogP contribution in [-0.2, 0) is 0 Å². The highest BCUT2D eigenvalue weighted by molar-refractivity contribution is 9.10. The minimum absolute atomic E-state index is 0.0731. The van der Waals surface area contributed by atoms with E-state index < -0.39 is 0 Å². The fourth-order valence-electron chi connectivity index (χ4n) is 1.63. The van der Waals surface area contributed by atoms with Crippen LogP contribution in [0.25, 0.3) is 0 Å². The van der Waals surface area contributed by atoms with Crippen molar-refractivity contribution < 1.29 is 4.79 Å². The number of benzene rings is 1. The van der Waals surface area contributed by atoms with Crippen LogP contribution < -0.4 is 11.1 Å². The van der Waals surface area contributed by atoms with Crippen LogP contribution in [0.1, 0.15) is 37.0 Å². The standard InChI is InChI=1S/C13H19BrN2O/c1-3-9(4-2)8-16-13(17)11-7-10(15)5-6-12(11)14/h5-7,9H,3-4,8,15H2,1-2H3,(H,16,17). The Bertz CT molecular complexity index is 389. The van der Waals surface area contributed by atoms with Crippen molar-refractivity contribution in [2.75, 3.05) is 12.3 Å². The molecule has 0 aliphatic rings. The lowest BCUT2D eigenvalue weighted by molar-refractivity contribution is 0.0945. The van der Waals surface area contributed by atoms with Crippen LogP contribution in [0.3, 0.4) is 0 Å². The Morgan fingerprint density at radius 1 is 1.41 bits per heavy atom. The first-order valence-electron chi connectivity index (χ1n) is 5.91. The minimum Gasteiger partial charge on any atom is -0.399 e. The molecular formula is C13H19BrN2O. The van der Waals surface area contributed by atoms with Crippen molar-refractivity contribution in [2.24, 2.45) is 5.92 Å². The van der Waals surface area contributed by atoms with Gasteiger partial charge in [-0.1, -0.05) is 26.7 Å². The predicted molar refractivity (Wildman–Crippen MR) is 75.0 cm³/mol. The molecule has 0 aliphatic heterocycles. The van der Waals surface area contributed by atoms with Gasteiger partial charge >= 0.3 is 0 Å². The summed E-state index contributed by atoms with van der Waals surface area (Å²) in [6.07, 6.45) is 2.16. The maximum Gasteiger partial charge on any atom is 0.252 e. The van der Waals surface area contributed by atoms with Gasteiger partial charge in [0.25, 0.3) is 5.91 Å². The van der Waals surface area contributed by atoms with E-state index in [1.807, 2.05) is 0 Å². The second kappa shape index (κ2) is 6.64. The van der Waals surface area contributed by atoms with Crippen LogP contribution >= 0.6 is 15.9 Å². The van der Waals surface area contributed by atoms with Crippen molar-refractivity contribution in [3.05, 3.63) is 28.2 Å². The monoisotopic (exact) mass is 298 g/mol. The van der Waals surface area contributed by atoms with Gasteiger partial charge in [0.15, 0.2) is 0 Å². The molecule has 0 saturated carbocycles. The van der Waals surface area contributed by atoms with Crippen LogP contribution in [0, 0.1) is 5.92 Å². The summed E-state index contributed by atoms with van der Waals surface area (Å²) in [5.74, 6) is 0.467. The molecule has 17 heavy (non-hydrogen) atoms. The molecule has 0 bridgehead atoms. The number of carbonyl (C=O) groups excluding carboxylic acids is 1. The van der Waals surface area contributed by atoms with Gasteiger partial charge in [-0.25, -0.2) is 0 Å². The Balaban J connectivity index is 2.66. The van der Waals surface area contributed by atoms with E-state index in [4.69, 9.17) is 5.73 Å². The number of nitrogen functional groups attached to an aromatic ring is 1. The maximum atomic E-state index is 12.0. The molecule has 1 rings (SSSR count). The zero-order chi connectivity index (χ0) is 12.8. The summed E-state index contributed by atoms with van der Waals surface area (Å²) in [6.45, 7) is 4.99. The van der Waals surface area contributed by atoms with Crippen LogP contribution in [0.5, 0.6) is 0 Å². The van der Waals surface area contributed by atoms with Crippen molar-refractivity contribution in [1.29, 1.82) is 0 Å². The molecule has 1 amide bonds. The van der Waals surface area contributed by atoms with Crippen molar-refractivity contribution in [3.8, 4) is 0 Å². The minimum atomic E-state index is -0.0731. The Hall–Kier alpha value is -1.03. The molecule has 0 saturated heterocycles. The lowest BCUT2D eigenvalue weighted by Crippen LogP contribution is -2.29. The third kappa shape index (κ3) is 4.04. The SMILES string of the molecule is CCC(CC)CNC(=O)c1cc(N)ccc1Br. The highest BCUT2D eigenvalue weighted by Gasteiger charge is 2.11. The summed E-state index contributed by atoms with van der Waals surface area (Å²) in [5, 5.41) is 2.94. The summed E-state index contributed by atoms with van der Waals surface area (Å²) < 4.78 is 0.772. The van der Waals surface area contributed by atoms with E-state index >= 15 is 0 Å². The molecule has 0 unspecified atom stereocenters.